The monoisotopic (exact) mass is 324 g/mol. The van der Waals surface area contributed by atoms with Gasteiger partial charge >= 0.3 is 0 Å². The molecule has 0 unspecified atom stereocenters. The van der Waals surface area contributed by atoms with Crippen molar-refractivity contribution in [3.8, 4) is 11.4 Å². The molecule has 3 heteroatoms. The third kappa shape index (κ3) is 2.66. The van der Waals surface area contributed by atoms with Crippen molar-refractivity contribution in [1.82, 2.24) is 9.55 Å². The second-order valence-electron chi connectivity index (χ2n) is 5.78. The van der Waals surface area contributed by atoms with Crippen LogP contribution in [0, 0.1) is 0 Å². The Balaban J connectivity index is 1.91. The first kappa shape index (κ1) is 15.1. The average Bonchev–Trinajstić information content (AvgIpc) is 3.08. The molecule has 0 amide bonds. The van der Waals surface area contributed by atoms with Crippen molar-refractivity contribution in [2.75, 3.05) is 0 Å². The molecule has 25 heavy (non-hydrogen) atoms. The van der Waals surface area contributed by atoms with Gasteiger partial charge in [0.1, 0.15) is 5.82 Å². The zero-order chi connectivity index (χ0) is 17.2. The molecule has 120 valence electrons. The van der Waals surface area contributed by atoms with Gasteiger partial charge in [0.05, 0.1) is 11.0 Å². The highest BCUT2D eigenvalue weighted by Crippen LogP contribution is 2.27. The zero-order valence-electron chi connectivity index (χ0n) is 13.6. The van der Waals surface area contributed by atoms with Gasteiger partial charge in [-0.15, -0.1) is 0 Å². The lowest BCUT2D eigenvalue weighted by Gasteiger charge is -2.10. The Hall–Kier alpha value is -3.46. The maximum absolute atomic E-state index is 13.2. The Kier molecular flexibility index (Phi) is 3.75. The minimum Gasteiger partial charge on any atom is -0.268 e. The summed E-state index contributed by atoms with van der Waals surface area (Å²) in [5.41, 5.74) is 3.72. The highest BCUT2D eigenvalue weighted by Gasteiger charge is 2.20. The zero-order valence-corrected chi connectivity index (χ0v) is 13.6. The van der Waals surface area contributed by atoms with Gasteiger partial charge in [0.15, 0.2) is 0 Å². The first-order chi connectivity index (χ1) is 12.3. The van der Waals surface area contributed by atoms with E-state index < -0.39 is 0 Å². The van der Waals surface area contributed by atoms with Gasteiger partial charge < -0.3 is 0 Å². The molecule has 0 radical (unpaired) electrons. The van der Waals surface area contributed by atoms with E-state index in [9.17, 15) is 4.79 Å². The van der Waals surface area contributed by atoms with Gasteiger partial charge in [-0.3, -0.25) is 9.36 Å². The van der Waals surface area contributed by atoms with Crippen LogP contribution in [0.15, 0.2) is 91.5 Å². The molecule has 0 atom stereocenters. The predicted molar refractivity (Wildman–Crippen MR) is 101 cm³/mol. The van der Waals surface area contributed by atoms with Crippen LogP contribution in [0.1, 0.15) is 10.4 Å². The Morgan fingerprint density at radius 2 is 1.40 bits per heavy atom. The number of aromatic nitrogens is 2. The summed E-state index contributed by atoms with van der Waals surface area (Å²) < 4.78 is 1.65. The standard InChI is InChI=1S/C22H16N2O/c1-16(17-10-4-2-5-11-17)22(25)24-20-15-9-8-14-19(20)23-21(24)18-12-6-3-7-13-18/h2-15H,1H2. The topological polar surface area (TPSA) is 34.9 Å². The largest absolute Gasteiger partial charge is 0.268 e. The van der Waals surface area contributed by atoms with Gasteiger partial charge in [-0.1, -0.05) is 79.4 Å². The van der Waals surface area contributed by atoms with Crippen LogP contribution < -0.4 is 0 Å². The number of nitrogens with zero attached hydrogens (tertiary/aromatic N) is 2. The summed E-state index contributed by atoms with van der Waals surface area (Å²) in [6.45, 7) is 4.02. The van der Waals surface area contributed by atoms with E-state index in [0.717, 1.165) is 22.2 Å². The summed E-state index contributed by atoms with van der Waals surface area (Å²) in [5, 5.41) is 0. The Bertz CT molecular complexity index is 1060. The van der Waals surface area contributed by atoms with Gasteiger partial charge in [-0.05, 0) is 17.7 Å². The number of para-hydroxylation sites is 2. The molecule has 0 aliphatic carbocycles. The second kappa shape index (κ2) is 6.21. The number of carbonyl (C=O) groups is 1. The smallest absolute Gasteiger partial charge is 0.264 e. The average molecular weight is 324 g/mol. The summed E-state index contributed by atoms with van der Waals surface area (Å²) in [6.07, 6.45) is 0. The molecule has 0 aliphatic heterocycles. The SMILES string of the molecule is C=C(C(=O)n1c(-c2ccccc2)nc2ccccc21)c1ccccc1. The van der Waals surface area contributed by atoms with Crippen molar-refractivity contribution >= 4 is 22.5 Å². The van der Waals surface area contributed by atoms with Crippen molar-refractivity contribution in [3.05, 3.63) is 97.1 Å². The van der Waals surface area contributed by atoms with Crippen LogP contribution in [0.3, 0.4) is 0 Å². The van der Waals surface area contributed by atoms with E-state index in [1.807, 2.05) is 84.9 Å². The Morgan fingerprint density at radius 1 is 0.800 bits per heavy atom. The molecule has 1 aromatic heterocycles. The summed E-state index contributed by atoms with van der Waals surface area (Å²) in [5.74, 6) is 0.461. The fraction of sp³-hybridized carbons (Fsp3) is 0. The molecule has 1 heterocycles. The fourth-order valence-electron chi connectivity index (χ4n) is 2.91. The summed E-state index contributed by atoms with van der Waals surface area (Å²) in [6, 6.07) is 26.9. The van der Waals surface area contributed by atoms with Gasteiger partial charge in [-0.25, -0.2) is 4.98 Å². The van der Waals surface area contributed by atoms with Crippen molar-refractivity contribution in [2.24, 2.45) is 0 Å². The number of carbonyl (C=O) groups excluding carboxylic acids is 1. The van der Waals surface area contributed by atoms with Crippen molar-refractivity contribution in [1.29, 1.82) is 0 Å². The highest BCUT2D eigenvalue weighted by atomic mass is 16.2. The molecule has 3 nitrogen and oxygen atoms in total. The van der Waals surface area contributed by atoms with Crippen molar-refractivity contribution < 1.29 is 4.79 Å². The molecule has 3 aromatic carbocycles. The van der Waals surface area contributed by atoms with E-state index in [0.29, 0.717) is 11.4 Å². The first-order valence-corrected chi connectivity index (χ1v) is 8.07. The molecule has 0 aliphatic rings. The number of benzene rings is 3. The van der Waals surface area contributed by atoms with E-state index in [1.54, 1.807) is 4.57 Å². The lowest BCUT2D eigenvalue weighted by Crippen LogP contribution is -2.13. The van der Waals surface area contributed by atoms with Gasteiger partial charge in [0, 0.05) is 11.1 Å². The number of imidazole rings is 1. The van der Waals surface area contributed by atoms with Gasteiger partial charge in [-0.2, -0.15) is 0 Å². The third-order valence-corrected chi connectivity index (χ3v) is 4.18. The van der Waals surface area contributed by atoms with Crippen LogP contribution in [0.4, 0.5) is 0 Å². The van der Waals surface area contributed by atoms with E-state index >= 15 is 0 Å². The normalized spacial score (nSPS) is 10.7. The molecule has 0 bridgehead atoms. The Morgan fingerprint density at radius 3 is 2.12 bits per heavy atom. The van der Waals surface area contributed by atoms with E-state index in [1.165, 1.54) is 0 Å². The molecule has 0 fully saturated rings. The molecule has 0 spiro atoms. The lowest BCUT2D eigenvalue weighted by molar-refractivity contribution is 0.0986. The number of hydrogen-bond donors (Lipinski definition) is 0. The molecule has 4 aromatic rings. The first-order valence-electron chi connectivity index (χ1n) is 8.07. The molecule has 0 saturated carbocycles. The Labute approximate surface area is 145 Å². The molecule has 0 N–H and O–H groups in total. The minimum atomic E-state index is -0.168. The number of rotatable bonds is 3. The van der Waals surface area contributed by atoms with E-state index in [4.69, 9.17) is 0 Å². The fourth-order valence-corrected chi connectivity index (χ4v) is 2.91. The molecular weight excluding hydrogens is 308 g/mol. The van der Waals surface area contributed by atoms with Crippen LogP contribution in [0.5, 0.6) is 0 Å². The minimum absolute atomic E-state index is 0.168. The number of fused-ring (bicyclic) bond motifs is 1. The van der Waals surface area contributed by atoms with Crippen molar-refractivity contribution in [3.63, 3.8) is 0 Å². The lowest BCUT2D eigenvalue weighted by atomic mass is 10.1. The van der Waals surface area contributed by atoms with Crippen LogP contribution in [0.2, 0.25) is 0 Å². The number of allylic oxidation sites excluding steroid dienone is 1. The number of hydrogen-bond acceptors (Lipinski definition) is 2. The third-order valence-electron chi connectivity index (χ3n) is 4.18. The highest BCUT2D eigenvalue weighted by molar-refractivity contribution is 6.22. The van der Waals surface area contributed by atoms with Crippen LogP contribution in [-0.4, -0.2) is 15.5 Å². The predicted octanol–water partition coefficient (Wildman–Crippen LogP) is 5.06. The van der Waals surface area contributed by atoms with Crippen molar-refractivity contribution in [2.45, 2.75) is 0 Å². The summed E-state index contributed by atoms with van der Waals surface area (Å²) in [4.78, 5) is 17.9. The quantitative estimate of drug-likeness (QED) is 0.494. The second-order valence-corrected chi connectivity index (χ2v) is 5.78. The van der Waals surface area contributed by atoms with E-state index in [-0.39, 0.29) is 5.91 Å². The van der Waals surface area contributed by atoms with Crippen LogP contribution >= 0.6 is 0 Å². The van der Waals surface area contributed by atoms with E-state index in [2.05, 4.69) is 11.6 Å². The maximum atomic E-state index is 13.2. The summed E-state index contributed by atoms with van der Waals surface area (Å²) in [7, 11) is 0. The van der Waals surface area contributed by atoms with Crippen LogP contribution in [0.25, 0.3) is 28.0 Å². The van der Waals surface area contributed by atoms with Crippen LogP contribution in [-0.2, 0) is 0 Å². The van der Waals surface area contributed by atoms with Gasteiger partial charge in [0.25, 0.3) is 5.91 Å². The molecule has 4 rings (SSSR count). The summed E-state index contributed by atoms with van der Waals surface area (Å²) >= 11 is 0. The molecular formula is C22H16N2O. The molecule has 0 saturated heterocycles. The maximum Gasteiger partial charge on any atom is 0.264 e. The van der Waals surface area contributed by atoms with Gasteiger partial charge in [0.2, 0.25) is 0 Å².